The monoisotopic (exact) mass is 502 g/mol. The maximum absolute atomic E-state index is 13.1. The average molecular weight is 503 g/mol. The summed E-state index contributed by atoms with van der Waals surface area (Å²) < 4.78 is 8.45. The molecular formula is C24H20Cl2N2O2S2. The number of hydrogen-bond donors (Lipinski definition) is 0. The summed E-state index contributed by atoms with van der Waals surface area (Å²) >= 11 is 19.1. The molecule has 1 aromatic heterocycles. The average Bonchev–Trinajstić information content (AvgIpc) is 3.48. The minimum atomic E-state index is -0.0446. The molecule has 2 fully saturated rings. The van der Waals surface area contributed by atoms with E-state index < -0.39 is 0 Å². The molecule has 0 bridgehead atoms. The summed E-state index contributed by atoms with van der Waals surface area (Å²) in [4.78, 5) is 15.4. The van der Waals surface area contributed by atoms with Crippen LogP contribution in [0.2, 0.25) is 10.0 Å². The minimum absolute atomic E-state index is 0.0446. The van der Waals surface area contributed by atoms with Crippen molar-refractivity contribution in [1.29, 1.82) is 0 Å². The van der Waals surface area contributed by atoms with Gasteiger partial charge in [-0.2, -0.15) is 0 Å². The molecular weight excluding hydrogens is 483 g/mol. The van der Waals surface area contributed by atoms with Gasteiger partial charge in [-0.1, -0.05) is 71.4 Å². The Morgan fingerprint density at radius 1 is 1.19 bits per heavy atom. The molecule has 2 aliphatic heterocycles. The molecule has 0 radical (unpaired) electrons. The molecule has 0 unspecified atom stereocenters. The molecule has 1 amide bonds. The van der Waals surface area contributed by atoms with Crippen LogP contribution < -0.4 is 0 Å². The number of hydrogen-bond acceptors (Lipinski definition) is 4. The lowest BCUT2D eigenvalue weighted by atomic mass is 10.1. The number of para-hydroxylation sites is 1. The molecule has 2 aliphatic rings. The fraction of sp³-hybridized carbons (Fsp3) is 0.250. The van der Waals surface area contributed by atoms with Crippen molar-refractivity contribution in [2.45, 2.75) is 25.5 Å². The number of halogens is 2. The molecule has 3 aromatic rings. The van der Waals surface area contributed by atoms with E-state index in [1.165, 1.54) is 11.8 Å². The van der Waals surface area contributed by atoms with Crippen molar-refractivity contribution < 1.29 is 9.53 Å². The van der Waals surface area contributed by atoms with Crippen LogP contribution in [0.15, 0.2) is 53.6 Å². The summed E-state index contributed by atoms with van der Waals surface area (Å²) in [5, 5.41) is 2.16. The molecule has 32 heavy (non-hydrogen) atoms. The first-order valence-electron chi connectivity index (χ1n) is 10.4. The number of thiocarbonyl (C=S) groups is 1. The van der Waals surface area contributed by atoms with Gasteiger partial charge >= 0.3 is 0 Å². The summed E-state index contributed by atoms with van der Waals surface area (Å²) in [6.45, 7) is 1.93. The largest absolute Gasteiger partial charge is 0.376 e. The second-order valence-corrected chi connectivity index (χ2v) is 10.4. The smallest absolute Gasteiger partial charge is 0.266 e. The van der Waals surface area contributed by atoms with Crippen LogP contribution in [-0.4, -0.2) is 39.0 Å². The van der Waals surface area contributed by atoms with Gasteiger partial charge in [0.1, 0.15) is 4.32 Å². The van der Waals surface area contributed by atoms with Gasteiger partial charge in [0.25, 0.3) is 5.91 Å². The highest BCUT2D eigenvalue weighted by Crippen LogP contribution is 2.35. The van der Waals surface area contributed by atoms with Crippen molar-refractivity contribution in [2.24, 2.45) is 0 Å². The standard InChI is InChI=1S/C24H20Cl2N2O2S2/c25-19-8-7-15(10-20(19)26)12-27-13-16(18-5-1-2-6-21(18)27)11-22-23(29)28(24(31)32-22)14-17-4-3-9-30-17/h1-2,5-8,10-11,13,17H,3-4,9,12,14H2/b22-11-/t17-/m1/s1. The summed E-state index contributed by atoms with van der Waals surface area (Å²) in [5.41, 5.74) is 3.12. The van der Waals surface area contributed by atoms with E-state index in [2.05, 4.69) is 22.9 Å². The fourth-order valence-corrected chi connectivity index (χ4v) is 5.73. The van der Waals surface area contributed by atoms with Gasteiger partial charge < -0.3 is 9.30 Å². The van der Waals surface area contributed by atoms with Crippen LogP contribution in [-0.2, 0) is 16.1 Å². The number of benzene rings is 2. The van der Waals surface area contributed by atoms with Gasteiger partial charge in [-0.25, -0.2) is 0 Å². The van der Waals surface area contributed by atoms with Gasteiger partial charge in [0.15, 0.2) is 0 Å². The van der Waals surface area contributed by atoms with E-state index in [1.807, 2.05) is 36.4 Å². The van der Waals surface area contributed by atoms with Crippen LogP contribution >= 0.6 is 47.2 Å². The fourth-order valence-electron chi connectivity index (χ4n) is 4.15. The first-order chi connectivity index (χ1) is 15.5. The molecule has 164 valence electrons. The van der Waals surface area contributed by atoms with Crippen molar-refractivity contribution >= 4 is 74.4 Å². The topological polar surface area (TPSA) is 34.5 Å². The summed E-state index contributed by atoms with van der Waals surface area (Å²) in [5.74, 6) is -0.0446. The molecule has 0 spiro atoms. The quantitative estimate of drug-likeness (QED) is 0.299. The molecule has 1 atom stereocenters. The number of amides is 1. The first-order valence-corrected chi connectivity index (χ1v) is 12.4. The Morgan fingerprint density at radius 2 is 2.03 bits per heavy atom. The molecule has 5 rings (SSSR count). The lowest BCUT2D eigenvalue weighted by Crippen LogP contribution is -2.35. The van der Waals surface area contributed by atoms with E-state index >= 15 is 0 Å². The highest BCUT2D eigenvalue weighted by molar-refractivity contribution is 8.26. The highest BCUT2D eigenvalue weighted by atomic mass is 35.5. The molecule has 4 nitrogen and oxygen atoms in total. The van der Waals surface area contributed by atoms with Gasteiger partial charge in [-0.05, 0) is 42.7 Å². The minimum Gasteiger partial charge on any atom is -0.376 e. The van der Waals surface area contributed by atoms with Gasteiger partial charge in [-0.3, -0.25) is 9.69 Å². The number of carbonyl (C=O) groups excluding carboxylic acids is 1. The van der Waals surface area contributed by atoms with Crippen molar-refractivity contribution in [2.75, 3.05) is 13.2 Å². The number of carbonyl (C=O) groups is 1. The third-order valence-electron chi connectivity index (χ3n) is 5.73. The highest BCUT2D eigenvalue weighted by Gasteiger charge is 2.34. The van der Waals surface area contributed by atoms with Gasteiger partial charge in [0, 0.05) is 35.8 Å². The molecule has 0 N–H and O–H groups in total. The van der Waals surface area contributed by atoms with Crippen molar-refractivity contribution in [3.05, 3.63) is 74.7 Å². The first kappa shape index (κ1) is 22.0. The van der Waals surface area contributed by atoms with Gasteiger partial charge in [-0.15, -0.1) is 0 Å². The SMILES string of the molecule is O=C1/C(=C/c2cn(Cc3ccc(Cl)c(Cl)c3)c3ccccc23)SC(=S)N1C[C@H]1CCCO1. The lowest BCUT2D eigenvalue weighted by Gasteiger charge is -2.18. The second kappa shape index (κ2) is 9.20. The van der Waals surface area contributed by atoms with E-state index in [0.29, 0.717) is 32.4 Å². The van der Waals surface area contributed by atoms with Crippen molar-refractivity contribution in [3.63, 3.8) is 0 Å². The maximum atomic E-state index is 13.1. The normalized spacial score (nSPS) is 20.2. The van der Waals surface area contributed by atoms with Crippen molar-refractivity contribution in [3.8, 4) is 0 Å². The summed E-state index contributed by atoms with van der Waals surface area (Å²) in [6.07, 6.45) is 6.10. The van der Waals surface area contributed by atoms with E-state index in [-0.39, 0.29) is 12.0 Å². The number of nitrogens with zero attached hydrogens (tertiary/aromatic N) is 2. The lowest BCUT2D eigenvalue weighted by molar-refractivity contribution is -0.123. The third-order valence-corrected chi connectivity index (χ3v) is 7.84. The van der Waals surface area contributed by atoms with E-state index in [4.69, 9.17) is 40.2 Å². The maximum Gasteiger partial charge on any atom is 0.266 e. The van der Waals surface area contributed by atoms with Crippen LogP contribution in [0.1, 0.15) is 24.0 Å². The second-order valence-electron chi connectivity index (χ2n) is 7.91. The number of rotatable bonds is 5. The zero-order chi connectivity index (χ0) is 22.2. The molecule has 3 heterocycles. The molecule has 2 saturated heterocycles. The Bertz CT molecular complexity index is 1250. The Balaban J connectivity index is 1.45. The van der Waals surface area contributed by atoms with E-state index in [1.54, 1.807) is 4.90 Å². The Hall–Kier alpha value is -1.83. The Kier molecular flexibility index (Phi) is 6.32. The van der Waals surface area contributed by atoms with Crippen LogP contribution in [0.5, 0.6) is 0 Å². The zero-order valence-corrected chi connectivity index (χ0v) is 20.2. The van der Waals surface area contributed by atoms with Crippen LogP contribution in [0.4, 0.5) is 0 Å². The molecule has 2 aromatic carbocycles. The Morgan fingerprint density at radius 3 is 2.81 bits per heavy atom. The number of thioether (sulfide) groups is 1. The zero-order valence-electron chi connectivity index (χ0n) is 17.1. The predicted molar refractivity (Wildman–Crippen MR) is 136 cm³/mol. The molecule has 0 aliphatic carbocycles. The third kappa shape index (κ3) is 4.35. The van der Waals surface area contributed by atoms with Gasteiger partial charge in [0.05, 0.1) is 27.6 Å². The van der Waals surface area contributed by atoms with Crippen LogP contribution in [0.3, 0.4) is 0 Å². The summed E-state index contributed by atoms with van der Waals surface area (Å²) in [7, 11) is 0. The molecule has 0 saturated carbocycles. The molecule has 8 heteroatoms. The number of fused-ring (bicyclic) bond motifs is 1. The van der Waals surface area contributed by atoms with E-state index in [9.17, 15) is 4.79 Å². The van der Waals surface area contributed by atoms with Crippen LogP contribution in [0.25, 0.3) is 17.0 Å². The van der Waals surface area contributed by atoms with Crippen LogP contribution in [0, 0.1) is 0 Å². The predicted octanol–water partition coefficient (Wildman–Crippen LogP) is 6.38. The Labute approximate surface area is 206 Å². The van der Waals surface area contributed by atoms with Gasteiger partial charge in [0.2, 0.25) is 0 Å². The van der Waals surface area contributed by atoms with E-state index in [0.717, 1.165) is 41.5 Å². The number of ether oxygens (including phenoxy) is 1. The number of aromatic nitrogens is 1. The van der Waals surface area contributed by atoms with Crippen molar-refractivity contribution in [1.82, 2.24) is 9.47 Å². The summed E-state index contributed by atoms with van der Waals surface area (Å²) in [6, 6.07) is 13.8.